The Kier molecular flexibility index (Phi) is 3.83. The van der Waals surface area contributed by atoms with E-state index in [1.54, 1.807) is 42.7 Å². The maximum absolute atomic E-state index is 13.1. The van der Waals surface area contributed by atoms with Crippen LogP contribution in [0.3, 0.4) is 0 Å². The molecule has 1 N–H and O–H groups in total. The van der Waals surface area contributed by atoms with Crippen molar-refractivity contribution in [2.24, 2.45) is 0 Å². The smallest absolute Gasteiger partial charge is 0.269 e. The van der Waals surface area contributed by atoms with Crippen LogP contribution in [0.5, 0.6) is 0 Å². The van der Waals surface area contributed by atoms with Crippen molar-refractivity contribution >= 4 is 32.7 Å². The maximum atomic E-state index is 13.1. The Labute approximate surface area is 145 Å². The van der Waals surface area contributed by atoms with Crippen molar-refractivity contribution in [2.45, 2.75) is 17.2 Å². The molecule has 0 saturated carbocycles. The van der Waals surface area contributed by atoms with Gasteiger partial charge in [-0.15, -0.1) is 0 Å². The molecule has 2 aromatic heterocycles. The van der Waals surface area contributed by atoms with Crippen molar-refractivity contribution in [3.63, 3.8) is 0 Å². The van der Waals surface area contributed by atoms with Crippen LogP contribution in [-0.2, 0) is 10.0 Å². The summed E-state index contributed by atoms with van der Waals surface area (Å²) in [6, 6.07) is 10.0. The third-order valence-corrected chi connectivity index (χ3v) is 6.60. The van der Waals surface area contributed by atoms with Gasteiger partial charge in [-0.1, -0.05) is 23.7 Å². The van der Waals surface area contributed by atoms with Gasteiger partial charge in [0, 0.05) is 30.4 Å². The molecule has 4 rings (SSSR count). The lowest BCUT2D eigenvalue weighted by Gasteiger charge is -2.09. The summed E-state index contributed by atoms with van der Waals surface area (Å²) >= 11 is 6.13. The van der Waals surface area contributed by atoms with Crippen LogP contribution in [0, 0.1) is 0 Å². The van der Waals surface area contributed by atoms with E-state index in [0.717, 1.165) is 30.6 Å². The molecule has 5 nitrogen and oxygen atoms in total. The van der Waals surface area contributed by atoms with Gasteiger partial charge in [0.25, 0.3) is 10.0 Å². The molecule has 3 aromatic rings. The first-order chi connectivity index (χ1) is 11.6. The Bertz CT molecular complexity index is 1010. The van der Waals surface area contributed by atoms with Gasteiger partial charge in [-0.3, -0.25) is 4.98 Å². The highest BCUT2D eigenvalue weighted by Crippen LogP contribution is 2.33. The fourth-order valence-corrected chi connectivity index (χ4v) is 5.10. The van der Waals surface area contributed by atoms with Crippen molar-refractivity contribution in [2.75, 3.05) is 13.1 Å². The number of aromatic nitrogens is 2. The predicted octanol–water partition coefficient (Wildman–Crippen LogP) is 3.00. The zero-order valence-electron chi connectivity index (χ0n) is 12.8. The average Bonchev–Trinajstić information content (AvgIpc) is 3.22. The van der Waals surface area contributed by atoms with Crippen LogP contribution in [-0.4, -0.2) is 30.5 Å². The second-order valence-corrected chi connectivity index (χ2v) is 8.07. The molecule has 1 saturated heterocycles. The quantitative estimate of drug-likeness (QED) is 0.778. The SMILES string of the molecule is O=S(=O)(c1ccccc1Cl)n1cc([C@H]2CCNC2)c2ncccc21. The van der Waals surface area contributed by atoms with Gasteiger partial charge >= 0.3 is 0 Å². The number of pyridine rings is 1. The molecule has 0 radical (unpaired) electrons. The molecule has 1 aromatic carbocycles. The third kappa shape index (κ3) is 2.42. The van der Waals surface area contributed by atoms with Gasteiger partial charge < -0.3 is 5.32 Å². The molecule has 124 valence electrons. The molecule has 1 aliphatic rings. The van der Waals surface area contributed by atoms with E-state index in [-0.39, 0.29) is 15.8 Å². The van der Waals surface area contributed by atoms with Gasteiger partial charge in [-0.05, 0) is 37.2 Å². The lowest BCUT2D eigenvalue weighted by Crippen LogP contribution is -2.12. The second-order valence-electron chi connectivity index (χ2n) is 5.88. The van der Waals surface area contributed by atoms with E-state index in [0.29, 0.717) is 5.52 Å². The number of nitrogens with one attached hydrogen (secondary N) is 1. The summed E-state index contributed by atoms with van der Waals surface area (Å²) in [5.74, 6) is 0.269. The van der Waals surface area contributed by atoms with Gasteiger partial charge in [0.1, 0.15) is 4.90 Å². The number of fused-ring (bicyclic) bond motifs is 1. The minimum absolute atomic E-state index is 0.100. The third-order valence-electron chi connectivity index (χ3n) is 4.43. The number of hydrogen-bond donors (Lipinski definition) is 1. The van der Waals surface area contributed by atoms with E-state index in [1.807, 2.05) is 0 Å². The number of hydrogen-bond acceptors (Lipinski definition) is 4. The molecular formula is C17H16ClN3O2S. The van der Waals surface area contributed by atoms with Crippen LogP contribution in [0.25, 0.3) is 11.0 Å². The summed E-state index contributed by atoms with van der Waals surface area (Å²) in [4.78, 5) is 4.53. The molecule has 0 unspecified atom stereocenters. The fraction of sp³-hybridized carbons (Fsp3) is 0.235. The Morgan fingerprint density at radius 1 is 1.21 bits per heavy atom. The van der Waals surface area contributed by atoms with Gasteiger partial charge in [0.2, 0.25) is 0 Å². The number of benzene rings is 1. The van der Waals surface area contributed by atoms with E-state index in [9.17, 15) is 8.42 Å². The normalized spacial score (nSPS) is 18.3. The Morgan fingerprint density at radius 2 is 2.04 bits per heavy atom. The summed E-state index contributed by atoms with van der Waals surface area (Å²) in [7, 11) is -3.78. The maximum Gasteiger partial charge on any atom is 0.269 e. The summed E-state index contributed by atoms with van der Waals surface area (Å²) in [5, 5.41) is 3.53. The highest BCUT2D eigenvalue weighted by Gasteiger charge is 2.27. The Morgan fingerprint density at radius 3 is 2.79 bits per heavy atom. The Hall–Kier alpha value is -1.89. The molecular weight excluding hydrogens is 346 g/mol. The van der Waals surface area contributed by atoms with E-state index in [4.69, 9.17) is 11.6 Å². The van der Waals surface area contributed by atoms with Gasteiger partial charge in [-0.25, -0.2) is 12.4 Å². The molecule has 1 aliphatic heterocycles. The standard InChI is InChI=1S/C17H16ClN3O2S/c18-14-4-1-2-6-16(14)24(22,23)21-11-13(12-7-9-19-10-12)17-15(21)5-3-8-20-17/h1-6,8,11-12,19H,7,9-10H2/t12-/m0/s1. The lowest BCUT2D eigenvalue weighted by molar-refractivity contribution is 0.589. The van der Waals surface area contributed by atoms with Crippen molar-refractivity contribution in [1.29, 1.82) is 0 Å². The Balaban J connectivity index is 1.96. The zero-order valence-corrected chi connectivity index (χ0v) is 14.4. The van der Waals surface area contributed by atoms with E-state index >= 15 is 0 Å². The van der Waals surface area contributed by atoms with Crippen LogP contribution >= 0.6 is 11.6 Å². The highest BCUT2D eigenvalue weighted by molar-refractivity contribution is 7.90. The molecule has 0 amide bonds. The molecule has 0 spiro atoms. The second kappa shape index (κ2) is 5.88. The summed E-state index contributed by atoms with van der Waals surface area (Å²) in [6.07, 6.45) is 4.37. The minimum atomic E-state index is -3.78. The lowest BCUT2D eigenvalue weighted by atomic mass is 10.0. The number of rotatable bonds is 3. The van der Waals surface area contributed by atoms with Gasteiger partial charge in [0.05, 0.1) is 16.1 Å². The van der Waals surface area contributed by atoms with Crippen LogP contribution in [0.4, 0.5) is 0 Å². The van der Waals surface area contributed by atoms with E-state index < -0.39 is 10.0 Å². The first-order valence-electron chi connectivity index (χ1n) is 7.76. The van der Waals surface area contributed by atoms with Gasteiger partial charge in [-0.2, -0.15) is 0 Å². The average molecular weight is 362 g/mol. The predicted molar refractivity (Wildman–Crippen MR) is 94.0 cm³/mol. The van der Waals surface area contributed by atoms with E-state index in [1.165, 1.54) is 10.0 Å². The van der Waals surface area contributed by atoms with Crippen molar-refractivity contribution < 1.29 is 8.42 Å². The highest BCUT2D eigenvalue weighted by atomic mass is 35.5. The molecule has 1 fully saturated rings. The van der Waals surface area contributed by atoms with Crippen LogP contribution < -0.4 is 5.32 Å². The minimum Gasteiger partial charge on any atom is -0.316 e. The van der Waals surface area contributed by atoms with Crippen LogP contribution in [0.2, 0.25) is 5.02 Å². The van der Waals surface area contributed by atoms with Crippen LogP contribution in [0.1, 0.15) is 17.9 Å². The van der Waals surface area contributed by atoms with Crippen LogP contribution in [0.15, 0.2) is 53.7 Å². The zero-order chi connectivity index (χ0) is 16.7. The summed E-state index contributed by atoms with van der Waals surface area (Å²) in [5.41, 5.74) is 2.28. The first kappa shape index (κ1) is 15.6. The summed E-state index contributed by atoms with van der Waals surface area (Å²) < 4.78 is 27.6. The molecule has 7 heteroatoms. The summed E-state index contributed by atoms with van der Waals surface area (Å²) in [6.45, 7) is 1.77. The fourth-order valence-electron chi connectivity index (χ4n) is 3.23. The molecule has 3 heterocycles. The van der Waals surface area contributed by atoms with Crippen molar-refractivity contribution in [3.05, 3.63) is 59.4 Å². The number of halogens is 1. The monoisotopic (exact) mass is 361 g/mol. The largest absolute Gasteiger partial charge is 0.316 e. The van der Waals surface area contributed by atoms with Crippen molar-refractivity contribution in [3.8, 4) is 0 Å². The molecule has 0 bridgehead atoms. The molecule has 1 atom stereocenters. The first-order valence-corrected chi connectivity index (χ1v) is 9.57. The van der Waals surface area contributed by atoms with Gasteiger partial charge in [0.15, 0.2) is 0 Å². The number of nitrogens with zero attached hydrogens (tertiary/aromatic N) is 2. The molecule has 0 aliphatic carbocycles. The van der Waals surface area contributed by atoms with E-state index in [2.05, 4.69) is 10.3 Å². The van der Waals surface area contributed by atoms with Crippen molar-refractivity contribution in [1.82, 2.24) is 14.3 Å². The topological polar surface area (TPSA) is 64.0 Å². The molecule has 24 heavy (non-hydrogen) atoms.